The molecule has 1 aliphatic rings. The number of nitrogens with zero attached hydrogens (tertiary/aromatic N) is 1. The van der Waals surface area contributed by atoms with Gasteiger partial charge in [-0.2, -0.15) is 0 Å². The highest BCUT2D eigenvalue weighted by Crippen LogP contribution is 2.23. The molecule has 0 N–H and O–H groups in total. The normalized spacial score (nSPS) is 18.1. The third-order valence-corrected chi connectivity index (χ3v) is 3.50. The molecule has 4 nitrogen and oxygen atoms in total. The van der Waals surface area contributed by atoms with E-state index in [4.69, 9.17) is 4.74 Å². The fourth-order valence-corrected chi connectivity index (χ4v) is 2.47. The minimum atomic E-state index is -0.551. The van der Waals surface area contributed by atoms with Crippen molar-refractivity contribution in [3.63, 3.8) is 0 Å². The lowest BCUT2D eigenvalue weighted by Crippen LogP contribution is -2.41. The maximum Gasteiger partial charge on any atom is 0.328 e. The second kappa shape index (κ2) is 6.03. The first-order chi connectivity index (χ1) is 9.54. The summed E-state index contributed by atoms with van der Waals surface area (Å²) in [6.07, 6.45) is 1.35. The fraction of sp³-hybridized carbons (Fsp3) is 0.467. The minimum Gasteiger partial charge on any atom is -0.464 e. The van der Waals surface area contributed by atoms with Crippen LogP contribution in [0.4, 0.5) is 4.39 Å². The Morgan fingerprint density at radius 3 is 2.90 bits per heavy atom. The molecule has 0 bridgehead atoms. The van der Waals surface area contributed by atoms with Gasteiger partial charge in [-0.1, -0.05) is 6.07 Å². The van der Waals surface area contributed by atoms with E-state index < -0.39 is 11.9 Å². The van der Waals surface area contributed by atoms with Crippen molar-refractivity contribution in [1.82, 2.24) is 4.90 Å². The van der Waals surface area contributed by atoms with Crippen molar-refractivity contribution in [3.05, 3.63) is 35.1 Å². The van der Waals surface area contributed by atoms with Gasteiger partial charge in [-0.3, -0.25) is 4.79 Å². The van der Waals surface area contributed by atoms with Gasteiger partial charge in [-0.05, 0) is 44.4 Å². The quantitative estimate of drug-likeness (QED) is 0.798. The average Bonchev–Trinajstić information content (AvgIpc) is 2.90. The summed E-state index contributed by atoms with van der Waals surface area (Å²) >= 11 is 0. The summed E-state index contributed by atoms with van der Waals surface area (Å²) in [5, 5.41) is 0. The Labute approximate surface area is 117 Å². The number of hydrogen-bond donors (Lipinski definition) is 0. The number of halogens is 1. The molecule has 0 spiro atoms. The van der Waals surface area contributed by atoms with Crippen LogP contribution in [0.5, 0.6) is 0 Å². The van der Waals surface area contributed by atoms with Crippen LogP contribution in [0.15, 0.2) is 18.2 Å². The smallest absolute Gasteiger partial charge is 0.328 e. The molecule has 0 saturated carbocycles. The summed E-state index contributed by atoms with van der Waals surface area (Å²) in [6, 6.07) is 3.56. The highest BCUT2D eigenvalue weighted by Gasteiger charge is 2.35. The first kappa shape index (κ1) is 14.5. The number of amides is 1. The van der Waals surface area contributed by atoms with Gasteiger partial charge in [0.05, 0.1) is 6.61 Å². The zero-order valence-electron chi connectivity index (χ0n) is 11.7. The molecule has 1 amide bonds. The van der Waals surface area contributed by atoms with E-state index in [2.05, 4.69) is 0 Å². The Morgan fingerprint density at radius 2 is 2.20 bits per heavy atom. The maximum absolute atomic E-state index is 13.3. The van der Waals surface area contributed by atoms with E-state index in [1.165, 1.54) is 17.0 Å². The van der Waals surface area contributed by atoms with Crippen molar-refractivity contribution in [1.29, 1.82) is 0 Å². The van der Waals surface area contributed by atoms with E-state index >= 15 is 0 Å². The summed E-state index contributed by atoms with van der Waals surface area (Å²) in [5.74, 6) is -1.14. The van der Waals surface area contributed by atoms with Crippen LogP contribution in [-0.4, -0.2) is 36.0 Å². The molecule has 1 aromatic carbocycles. The van der Waals surface area contributed by atoms with E-state index in [1.807, 2.05) is 0 Å². The number of benzene rings is 1. The third-order valence-electron chi connectivity index (χ3n) is 3.50. The number of rotatable bonds is 3. The van der Waals surface area contributed by atoms with Crippen LogP contribution in [0, 0.1) is 12.7 Å². The van der Waals surface area contributed by atoms with E-state index in [0.29, 0.717) is 24.1 Å². The van der Waals surface area contributed by atoms with E-state index in [-0.39, 0.29) is 18.5 Å². The molecule has 1 fully saturated rings. The second-order valence-corrected chi connectivity index (χ2v) is 4.87. The first-order valence-electron chi connectivity index (χ1n) is 6.78. The molecule has 0 radical (unpaired) electrons. The zero-order valence-corrected chi connectivity index (χ0v) is 11.7. The van der Waals surface area contributed by atoms with Crippen molar-refractivity contribution >= 4 is 11.9 Å². The van der Waals surface area contributed by atoms with Crippen LogP contribution in [0.2, 0.25) is 0 Å². The van der Waals surface area contributed by atoms with Crippen molar-refractivity contribution in [3.8, 4) is 0 Å². The van der Waals surface area contributed by atoms with E-state index in [0.717, 1.165) is 6.42 Å². The summed E-state index contributed by atoms with van der Waals surface area (Å²) in [5.41, 5.74) is 1.01. The van der Waals surface area contributed by atoms with E-state index in [9.17, 15) is 14.0 Å². The van der Waals surface area contributed by atoms with Crippen LogP contribution in [0.25, 0.3) is 0 Å². The molecule has 0 aliphatic carbocycles. The van der Waals surface area contributed by atoms with Crippen molar-refractivity contribution < 1.29 is 18.7 Å². The largest absolute Gasteiger partial charge is 0.464 e. The molecular weight excluding hydrogens is 261 g/mol. The van der Waals surface area contributed by atoms with Crippen LogP contribution in [-0.2, 0) is 9.53 Å². The van der Waals surface area contributed by atoms with Crippen LogP contribution in [0.1, 0.15) is 35.7 Å². The van der Waals surface area contributed by atoms with Gasteiger partial charge in [0, 0.05) is 12.1 Å². The monoisotopic (exact) mass is 279 g/mol. The van der Waals surface area contributed by atoms with Crippen LogP contribution < -0.4 is 0 Å². The van der Waals surface area contributed by atoms with Gasteiger partial charge in [0.1, 0.15) is 11.9 Å². The minimum absolute atomic E-state index is 0.288. The van der Waals surface area contributed by atoms with Gasteiger partial charge in [-0.25, -0.2) is 9.18 Å². The van der Waals surface area contributed by atoms with Crippen LogP contribution in [0.3, 0.4) is 0 Å². The Hall–Kier alpha value is -1.91. The number of aryl methyl sites for hydroxylation is 1. The molecule has 1 unspecified atom stereocenters. The number of likely N-dealkylation sites (tertiary alicyclic amines) is 1. The molecule has 2 rings (SSSR count). The summed E-state index contributed by atoms with van der Waals surface area (Å²) in [7, 11) is 0. The lowest BCUT2D eigenvalue weighted by Gasteiger charge is -2.23. The Balaban J connectivity index is 2.23. The molecule has 20 heavy (non-hydrogen) atoms. The number of carbonyl (C=O) groups excluding carboxylic acids is 2. The Kier molecular flexibility index (Phi) is 4.37. The standard InChI is InChI=1S/C15H18FNO3/c1-3-20-15(19)13-5-4-8-17(13)14(18)12-9-11(16)7-6-10(12)2/h6-7,9,13H,3-5,8H2,1-2H3. The molecular formula is C15H18FNO3. The molecule has 1 saturated heterocycles. The summed E-state index contributed by atoms with van der Waals surface area (Å²) in [4.78, 5) is 25.8. The van der Waals surface area contributed by atoms with Crippen molar-refractivity contribution in [2.24, 2.45) is 0 Å². The Bertz CT molecular complexity index is 530. The highest BCUT2D eigenvalue weighted by molar-refractivity contribution is 5.98. The number of carbonyl (C=O) groups is 2. The van der Waals surface area contributed by atoms with Gasteiger partial charge in [0.2, 0.25) is 0 Å². The SMILES string of the molecule is CCOC(=O)C1CCCN1C(=O)c1cc(F)ccc1C. The topological polar surface area (TPSA) is 46.6 Å². The highest BCUT2D eigenvalue weighted by atomic mass is 19.1. The summed E-state index contributed by atoms with van der Waals surface area (Å²) < 4.78 is 18.3. The van der Waals surface area contributed by atoms with Gasteiger partial charge >= 0.3 is 5.97 Å². The molecule has 108 valence electrons. The number of ether oxygens (including phenoxy) is 1. The Morgan fingerprint density at radius 1 is 1.45 bits per heavy atom. The maximum atomic E-state index is 13.3. The third kappa shape index (κ3) is 2.81. The first-order valence-corrected chi connectivity index (χ1v) is 6.78. The number of hydrogen-bond acceptors (Lipinski definition) is 3. The molecule has 1 aromatic rings. The second-order valence-electron chi connectivity index (χ2n) is 4.87. The average molecular weight is 279 g/mol. The molecule has 1 atom stereocenters. The van der Waals surface area contributed by atoms with Gasteiger partial charge in [0.25, 0.3) is 5.91 Å². The van der Waals surface area contributed by atoms with Crippen molar-refractivity contribution in [2.45, 2.75) is 32.7 Å². The lowest BCUT2D eigenvalue weighted by molar-refractivity contribution is -0.147. The molecule has 5 heteroatoms. The predicted molar refractivity (Wildman–Crippen MR) is 71.8 cm³/mol. The predicted octanol–water partition coefficient (Wildman–Crippen LogP) is 2.30. The molecule has 1 aliphatic heterocycles. The fourth-order valence-electron chi connectivity index (χ4n) is 2.47. The van der Waals surface area contributed by atoms with E-state index in [1.54, 1.807) is 19.9 Å². The van der Waals surface area contributed by atoms with Gasteiger partial charge < -0.3 is 9.64 Å². The van der Waals surface area contributed by atoms with Crippen LogP contribution >= 0.6 is 0 Å². The molecule has 1 heterocycles. The van der Waals surface area contributed by atoms with Gasteiger partial charge in [0.15, 0.2) is 0 Å². The lowest BCUT2D eigenvalue weighted by atomic mass is 10.1. The summed E-state index contributed by atoms with van der Waals surface area (Å²) in [6.45, 7) is 4.27. The zero-order chi connectivity index (χ0) is 14.7. The molecule has 0 aromatic heterocycles. The number of esters is 1. The van der Waals surface area contributed by atoms with Gasteiger partial charge in [-0.15, -0.1) is 0 Å². The van der Waals surface area contributed by atoms with Crippen molar-refractivity contribution in [2.75, 3.05) is 13.2 Å².